The van der Waals surface area contributed by atoms with Gasteiger partial charge in [-0.05, 0) is 32.0 Å². The highest BCUT2D eigenvalue weighted by atomic mass is 79.9. The van der Waals surface area contributed by atoms with Crippen LogP contribution in [0.1, 0.15) is 20.8 Å². The summed E-state index contributed by atoms with van der Waals surface area (Å²) in [6.07, 6.45) is 0. The molecule has 106 valence electrons. The number of nitrogens with one attached hydrogen (secondary N) is 1. The average Bonchev–Trinajstić information content (AvgIpc) is 2.28. The minimum Gasteiger partial charge on any atom is -0.370 e. The molecule has 0 aliphatic carbocycles. The van der Waals surface area contributed by atoms with Crippen LogP contribution in [-0.2, 0) is 9.47 Å². The van der Waals surface area contributed by atoms with Crippen molar-refractivity contribution in [3.05, 3.63) is 28.7 Å². The third-order valence-corrected chi connectivity index (χ3v) is 2.74. The largest absolute Gasteiger partial charge is 0.370 e. The topological polar surface area (TPSA) is 68.9 Å². The second kappa shape index (κ2) is 7.47. The van der Waals surface area contributed by atoms with Gasteiger partial charge in [0.2, 0.25) is 0 Å². The Morgan fingerprint density at radius 2 is 2.00 bits per heavy atom. The molecule has 0 aromatic heterocycles. The van der Waals surface area contributed by atoms with E-state index >= 15 is 0 Å². The zero-order valence-corrected chi connectivity index (χ0v) is 13.0. The molecule has 1 rings (SSSR count). The van der Waals surface area contributed by atoms with Crippen LogP contribution in [0.15, 0.2) is 33.7 Å². The van der Waals surface area contributed by atoms with Crippen LogP contribution in [0.5, 0.6) is 0 Å². The third kappa shape index (κ3) is 5.59. The Kier molecular flexibility index (Phi) is 6.27. The minimum absolute atomic E-state index is 0.238. The van der Waals surface area contributed by atoms with E-state index in [1.54, 1.807) is 6.92 Å². The quantitative estimate of drug-likeness (QED) is 0.478. The number of rotatable bonds is 6. The van der Waals surface area contributed by atoms with E-state index in [9.17, 15) is 0 Å². The molecule has 0 amide bonds. The van der Waals surface area contributed by atoms with Crippen LogP contribution in [0.25, 0.3) is 0 Å². The fraction of sp³-hybridized carbons (Fsp3) is 0.462. The van der Waals surface area contributed by atoms with E-state index in [1.807, 2.05) is 38.1 Å². The Bertz CT molecular complexity index is 432. The molecule has 0 fully saturated rings. The molecule has 0 spiro atoms. The first-order valence-corrected chi connectivity index (χ1v) is 6.94. The van der Waals surface area contributed by atoms with Gasteiger partial charge in [0, 0.05) is 30.3 Å². The van der Waals surface area contributed by atoms with Crippen molar-refractivity contribution in [1.29, 1.82) is 0 Å². The Morgan fingerprint density at radius 3 is 2.53 bits per heavy atom. The highest BCUT2D eigenvalue weighted by Gasteiger charge is 2.24. The van der Waals surface area contributed by atoms with Crippen molar-refractivity contribution in [2.45, 2.75) is 26.7 Å². The van der Waals surface area contributed by atoms with Gasteiger partial charge in [0.1, 0.15) is 0 Å². The summed E-state index contributed by atoms with van der Waals surface area (Å²) >= 11 is 3.39. The standard InChI is InChI=1S/C13H20BrN3O2/c1-4-18-13(3,19-5-2)17-12(15)16-11-8-6-7-10(14)9-11/h6-9H,4-5H2,1-3H3,(H3,15,16,17). The number of ether oxygens (including phenoxy) is 2. The molecule has 6 heteroatoms. The fourth-order valence-electron chi connectivity index (χ4n) is 1.60. The van der Waals surface area contributed by atoms with Gasteiger partial charge in [0.05, 0.1) is 0 Å². The van der Waals surface area contributed by atoms with E-state index in [1.165, 1.54) is 0 Å². The second-order valence-electron chi connectivity index (χ2n) is 3.90. The predicted molar refractivity (Wildman–Crippen MR) is 81.0 cm³/mol. The van der Waals surface area contributed by atoms with Crippen molar-refractivity contribution in [2.24, 2.45) is 10.7 Å². The van der Waals surface area contributed by atoms with Crippen LogP contribution in [0.4, 0.5) is 5.69 Å². The highest BCUT2D eigenvalue weighted by Crippen LogP contribution is 2.17. The maximum absolute atomic E-state index is 5.87. The second-order valence-corrected chi connectivity index (χ2v) is 4.81. The van der Waals surface area contributed by atoms with Crippen molar-refractivity contribution in [2.75, 3.05) is 18.5 Å². The molecule has 0 heterocycles. The first-order chi connectivity index (χ1) is 8.99. The molecule has 1 aromatic carbocycles. The van der Waals surface area contributed by atoms with E-state index in [2.05, 4.69) is 26.2 Å². The number of aliphatic imine (C=N–C) groups is 1. The first-order valence-electron chi connectivity index (χ1n) is 6.15. The van der Waals surface area contributed by atoms with Crippen LogP contribution in [0.3, 0.4) is 0 Å². The van der Waals surface area contributed by atoms with Crippen molar-refractivity contribution in [3.8, 4) is 0 Å². The fourth-order valence-corrected chi connectivity index (χ4v) is 2.00. The minimum atomic E-state index is -1.06. The van der Waals surface area contributed by atoms with E-state index < -0.39 is 5.91 Å². The first kappa shape index (κ1) is 15.9. The van der Waals surface area contributed by atoms with Gasteiger partial charge in [-0.1, -0.05) is 22.0 Å². The summed E-state index contributed by atoms with van der Waals surface area (Å²) < 4.78 is 11.9. The summed E-state index contributed by atoms with van der Waals surface area (Å²) in [6, 6.07) is 7.64. The molecule has 19 heavy (non-hydrogen) atoms. The summed E-state index contributed by atoms with van der Waals surface area (Å²) in [5, 5.41) is 2.99. The van der Waals surface area contributed by atoms with Gasteiger partial charge in [-0.3, -0.25) is 0 Å². The predicted octanol–water partition coefficient (Wildman–Crippen LogP) is 2.92. The lowest BCUT2D eigenvalue weighted by Crippen LogP contribution is -2.35. The summed E-state index contributed by atoms with van der Waals surface area (Å²) in [5.41, 5.74) is 6.70. The van der Waals surface area contributed by atoms with Crippen LogP contribution < -0.4 is 11.1 Å². The molecular formula is C13H20BrN3O2. The smallest absolute Gasteiger partial charge is 0.269 e. The lowest BCUT2D eigenvalue weighted by atomic mass is 10.3. The van der Waals surface area contributed by atoms with Gasteiger partial charge < -0.3 is 20.5 Å². The molecule has 3 N–H and O–H groups in total. The lowest BCUT2D eigenvalue weighted by molar-refractivity contribution is -0.214. The number of nitrogens with zero attached hydrogens (tertiary/aromatic N) is 1. The Morgan fingerprint density at radius 1 is 1.37 bits per heavy atom. The molecule has 0 aliphatic heterocycles. The molecule has 5 nitrogen and oxygen atoms in total. The molecule has 1 aromatic rings. The van der Waals surface area contributed by atoms with Gasteiger partial charge in [0.25, 0.3) is 5.91 Å². The average molecular weight is 330 g/mol. The molecule has 0 aliphatic rings. The molecule has 0 unspecified atom stereocenters. The van der Waals surface area contributed by atoms with Crippen molar-refractivity contribution in [1.82, 2.24) is 0 Å². The van der Waals surface area contributed by atoms with Crippen molar-refractivity contribution in [3.63, 3.8) is 0 Å². The number of hydrogen-bond donors (Lipinski definition) is 2. The number of hydrogen-bond acceptors (Lipinski definition) is 3. The number of guanidine groups is 1. The van der Waals surface area contributed by atoms with Crippen LogP contribution in [0, 0.1) is 0 Å². The normalized spacial score (nSPS) is 12.5. The number of nitrogens with two attached hydrogens (primary N) is 1. The van der Waals surface area contributed by atoms with E-state index in [0.29, 0.717) is 13.2 Å². The van der Waals surface area contributed by atoms with Crippen molar-refractivity contribution < 1.29 is 9.47 Å². The third-order valence-electron chi connectivity index (χ3n) is 2.24. The maximum Gasteiger partial charge on any atom is 0.269 e. The maximum atomic E-state index is 5.87. The SMILES string of the molecule is CCOC(C)(/N=C(\N)Nc1cccc(Br)c1)OCC. The Hall–Kier alpha value is -1.11. The lowest BCUT2D eigenvalue weighted by Gasteiger charge is -2.25. The van der Waals surface area contributed by atoms with E-state index in [0.717, 1.165) is 10.2 Å². The number of anilines is 1. The molecule has 0 atom stereocenters. The van der Waals surface area contributed by atoms with Gasteiger partial charge in [-0.15, -0.1) is 0 Å². The summed E-state index contributed by atoms with van der Waals surface area (Å²) in [7, 11) is 0. The highest BCUT2D eigenvalue weighted by molar-refractivity contribution is 9.10. The summed E-state index contributed by atoms with van der Waals surface area (Å²) in [4.78, 5) is 4.24. The van der Waals surface area contributed by atoms with Crippen LogP contribution in [0.2, 0.25) is 0 Å². The summed E-state index contributed by atoms with van der Waals surface area (Å²) in [6.45, 7) is 6.47. The van der Waals surface area contributed by atoms with Crippen LogP contribution in [-0.4, -0.2) is 25.1 Å². The number of halogens is 1. The van der Waals surface area contributed by atoms with Gasteiger partial charge in [-0.2, -0.15) is 4.99 Å². The van der Waals surface area contributed by atoms with Gasteiger partial charge in [0.15, 0.2) is 5.96 Å². The molecule has 0 saturated carbocycles. The molecule has 0 saturated heterocycles. The van der Waals surface area contributed by atoms with Crippen molar-refractivity contribution >= 4 is 27.6 Å². The van der Waals surface area contributed by atoms with E-state index in [-0.39, 0.29) is 5.96 Å². The zero-order chi connectivity index (χ0) is 14.3. The van der Waals surface area contributed by atoms with Gasteiger partial charge >= 0.3 is 0 Å². The molecular weight excluding hydrogens is 310 g/mol. The Balaban J connectivity index is 2.79. The van der Waals surface area contributed by atoms with Crippen LogP contribution >= 0.6 is 15.9 Å². The monoisotopic (exact) mass is 329 g/mol. The molecule has 0 bridgehead atoms. The van der Waals surface area contributed by atoms with E-state index in [4.69, 9.17) is 15.2 Å². The Labute approximate surface area is 122 Å². The molecule has 0 radical (unpaired) electrons. The zero-order valence-electron chi connectivity index (χ0n) is 11.4. The summed E-state index contributed by atoms with van der Waals surface area (Å²) in [5.74, 6) is -0.824. The number of benzene rings is 1. The van der Waals surface area contributed by atoms with Gasteiger partial charge in [-0.25, -0.2) is 0 Å².